The van der Waals surface area contributed by atoms with Gasteiger partial charge in [0.25, 0.3) is 0 Å². The maximum Gasteiger partial charge on any atom is 0.0419 e. The minimum absolute atomic E-state index is 0.408. The predicted molar refractivity (Wildman–Crippen MR) is 92.3 cm³/mol. The van der Waals surface area contributed by atoms with Crippen LogP contribution in [0.1, 0.15) is 55.6 Å². The Kier molecular flexibility index (Phi) is 6.27. The second kappa shape index (κ2) is 7.96. The second-order valence-corrected chi connectivity index (χ2v) is 6.93. The van der Waals surface area contributed by atoms with Gasteiger partial charge in [-0.1, -0.05) is 54.4 Å². The number of hydrogen-bond acceptors (Lipinski definition) is 2. The Bertz CT molecular complexity index is 509. The molecule has 0 saturated heterocycles. The molecule has 2 unspecified atom stereocenters. The molecule has 0 aliphatic heterocycles. The third-order valence-corrected chi connectivity index (χ3v) is 5.00. The molecule has 0 saturated carbocycles. The van der Waals surface area contributed by atoms with E-state index in [0.717, 1.165) is 10.9 Å². The lowest BCUT2D eigenvalue weighted by molar-refractivity contribution is 0.417. The highest BCUT2D eigenvalue weighted by Gasteiger charge is 2.17. The van der Waals surface area contributed by atoms with Gasteiger partial charge in [0, 0.05) is 21.4 Å². The molecule has 2 atom stereocenters. The van der Waals surface area contributed by atoms with Crippen LogP contribution in [-0.4, -0.2) is 0 Å². The average molecular weight is 352 g/mol. The number of thiophene rings is 1. The van der Waals surface area contributed by atoms with Crippen LogP contribution in [0.3, 0.4) is 0 Å². The molecule has 0 fully saturated rings. The fraction of sp³-hybridized carbons (Fsp3) is 0.412. The van der Waals surface area contributed by atoms with Gasteiger partial charge in [0.1, 0.15) is 0 Å². The van der Waals surface area contributed by atoms with Crippen molar-refractivity contribution < 1.29 is 0 Å². The number of halogens is 1. The summed E-state index contributed by atoms with van der Waals surface area (Å²) in [6, 6.07) is 13.9. The van der Waals surface area contributed by atoms with Gasteiger partial charge in [-0.15, -0.1) is 11.3 Å². The quantitative estimate of drug-likeness (QED) is 0.635. The monoisotopic (exact) mass is 351 g/mol. The molecule has 1 heterocycles. The molecule has 2 aromatic rings. The van der Waals surface area contributed by atoms with Gasteiger partial charge in [0.15, 0.2) is 0 Å². The van der Waals surface area contributed by atoms with Crippen molar-refractivity contribution in [2.45, 2.75) is 45.2 Å². The first kappa shape index (κ1) is 15.7. The highest BCUT2D eigenvalue weighted by Crippen LogP contribution is 2.29. The van der Waals surface area contributed by atoms with Gasteiger partial charge < -0.3 is 5.32 Å². The summed E-state index contributed by atoms with van der Waals surface area (Å²) in [5.41, 5.74) is 1.36. The Morgan fingerprint density at radius 1 is 1.15 bits per heavy atom. The van der Waals surface area contributed by atoms with Gasteiger partial charge in [0.2, 0.25) is 0 Å². The van der Waals surface area contributed by atoms with Crippen LogP contribution in [0.25, 0.3) is 0 Å². The van der Waals surface area contributed by atoms with Crippen molar-refractivity contribution in [2.75, 3.05) is 0 Å². The van der Waals surface area contributed by atoms with Crippen LogP contribution in [-0.2, 0) is 0 Å². The second-order valence-electron chi connectivity index (χ2n) is 5.04. The Hall–Kier alpha value is -0.640. The number of nitrogens with one attached hydrogen (secondary N) is 1. The van der Waals surface area contributed by atoms with E-state index in [-0.39, 0.29) is 0 Å². The van der Waals surface area contributed by atoms with Gasteiger partial charge in [0.05, 0.1) is 0 Å². The molecule has 0 aliphatic rings. The lowest BCUT2D eigenvalue weighted by atomic mass is 10.0. The highest BCUT2D eigenvalue weighted by molar-refractivity contribution is 9.10. The van der Waals surface area contributed by atoms with Gasteiger partial charge in [-0.25, -0.2) is 0 Å². The smallest absolute Gasteiger partial charge is 0.0419 e. The number of hydrogen-bond donors (Lipinski definition) is 1. The lowest BCUT2D eigenvalue weighted by Crippen LogP contribution is -2.25. The van der Waals surface area contributed by atoms with Crippen LogP contribution < -0.4 is 5.32 Å². The topological polar surface area (TPSA) is 12.0 Å². The number of benzene rings is 1. The third-order valence-electron chi connectivity index (χ3n) is 3.53. The molecular formula is C17H22BrNS. The van der Waals surface area contributed by atoms with Crippen molar-refractivity contribution in [1.29, 1.82) is 0 Å². The average Bonchev–Trinajstić information content (AvgIpc) is 2.97. The van der Waals surface area contributed by atoms with Crippen molar-refractivity contribution in [3.8, 4) is 0 Å². The van der Waals surface area contributed by atoms with Crippen molar-refractivity contribution in [3.63, 3.8) is 0 Å². The van der Waals surface area contributed by atoms with Gasteiger partial charge in [-0.3, -0.25) is 0 Å². The van der Waals surface area contributed by atoms with Crippen LogP contribution in [0.4, 0.5) is 0 Å². The first-order valence-corrected chi connectivity index (χ1v) is 8.96. The number of rotatable bonds is 7. The van der Waals surface area contributed by atoms with E-state index in [1.54, 1.807) is 0 Å². The summed E-state index contributed by atoms with van der Waals surface area (Å²) in [6.45, 7) is 4.50. The van der Waals surface area contributed by atoms with Crippen molar-refractivity contribution >= 4 is 27.3 Å². The van der Waals surface area contributed by atoms with E-state index in [9.17, 15) is 0 Å². The summed E-state index contributed by atoms with van der Waals surface area (Å²) in [6.07, 6.45) is 3.48. The molecule has 0 radical (unpaired) electrons. The van der Waals surface area contributed by atoms with E-state index in [4.69, 9.17) is 0 Å². The largest absolute Gasteiger partial charge is 0.302 e. The van der Waals surface area contributed by atoms with E-state index in [0.29, 0.717) is 12.1 Å². The zero-order chi connectivity index (χ0) is 14.4. The third kappa shape index (κ3) is 4.18. The molecule has 0 spiro atoms. The standard InChI is InChI=1S/C17H22BrNS/c1-3-7-16(17-10-6-11-20-17)19-15(4-2)13-8-5-9-14(18)12-13/h5-6,8-12,15-16,19H,3-4,7H2,1-2H3. The minimum Gasteiger partial charge on any atom is -0.302 e. The van der Waals surface area contributed by atoms with Crippen LogP contribution in [0.2, 0.25) is 0 Å². The minimum atomic E-state index is 0.408. The maximum atomic E-state index is 3.84. The van der Waals surface area contributed by atoms with Crippen LogP contribution in [0, 0.1) is 0 Å². The van der Waals surface area contributed by atoms with Crippen LogP contribution >= 0.6 is 27.3 Å². The summed E-state index contributed by atoms with van der Waals surface area (Å²) in [7, 11) is 0. The Morgan fingerprint density at radius 3 is 2.60 bits per heavy atom. The maximum absolute atomic E-state index is 3.84. The normalized spacial score (nSPS) is 14.2. The zero-order valence-corrected chi connectivity index (χ0v) is 14.5. The van der Waals surface area contributed by atoms with E-state index in [1.807, 2.05) is 11.3 Å². The summed E-state index contributed by atoms with van der Waals surface area (Å²) in [4.78, 5) is 1.44. The molecule has 1 nitrogen and oxygen atoms in total. The summed E-state index contributed by atoms with van der Waals surface area (Å²) >= 11 is 5.42. The summed E-state index contributed by atoms with van der Waals surface area (Å²) < 4.78 is 1.15. The Morgan fingerprint density at radius 2 is 2.00 bits per heavy atom. The van der Waals surface area contributed by atoms with Gasteiger partial charge in [-0.05, 0) is 42.0 Å². The van der Waals surface area contributed by atoms with Crippen molar-refractivity contribution in [1.82, 2.24) is 5.32 Å². The summed E-state index contributed by atoms with van der Waals surface area (Å²) in [5.74, 6) is 0. The van der Waals surface area contributed by atoms with E-state index < -0.39 is 0 Å². The molecule has 0 amide bonds. The molecule has 1 aromatic heterocycles. The molecule has 20 heavy (non-hydrogen) atoms. The first-order valence-electron chi connectivity index (χ1n) is 7.29. The van der Waals surface area contributed by atoms with E-state index >= 15 is 0 Å². The fourth-order valence-corrected chi connectivity index (χ4v) is 3.74. The highest BCUT2D eigenvalue weighted by atomic mass is 79.9. The van der Waals surface area contributed by atoms with E-state index in [1.165, 1.54) is 23.3 Å². The molecule has 1 aromatic carbocycles. The molecule has 0 bridgehead atoms. The van der Waals surface area contributed by atoms with Crippen molar-refractivity contribution in [3.05, 3.63) is 56.7 Å². The predicted octanol–water partition coefficient (Wildman–Crippen LogP) is 6.09. The molecule has 3 heteroatoms. The summed E-state index contributed by atoms with van der Waals surface area (Å²) in [5, 5.41) is 6.01. The Labute approximate surface area is 134 Å². The zero-order valence-electron chi connectivity index (χ0n) is 12.1. The van der Waals surface area contributed by atoms with Crippen molar-refractivity contribution in [2.24, 2.45) is 0 Å². The van der Waals surface area contributed by atoms with Gasteiger partial charge in [-0.2, -0.15) is 0 Å². The van der Waals surface area contributed by atoms with Gasteiger partial charge >= 0.3 is 0 Å². The lowest BCUT2D eigenvalue weighted by Gasteiger charge is -2.25. The molecular weight excluding hydrogens is 330 g/mol. The molecule has 1 N–H and O–H groups in total. The Balaban J connectivity index is 2.15. The van der Waals surface area contributed by atoms with E-state index in [2.05, 4.69) is 76.9 Å². The first-order chi connectivity index (χ1) is 9.74. The SMILES string of the molecule is CCCC(NC(CC)c1cccc(Br)c1)c1cccs1. The fourth-order valence-electron chi connectivity index (χ4n) is 2.50. The van der Waals surface area contributed by atoms with Crippen LogP contribution in [0.15, 0.2) is 46.3 Å². The molecule has 108 valence electrons. The van der Waals surface area contributed by atoms with Crippen LogP contribution in [0.5, 0.6) is 0 Å². The molecule has 0 aliphatic carbocycles. The molecule has 2 rings (SSSR count).